The first-order chi connectivity index (χ1) is 13.5. The predicted octanol–water partition coefficient (Wildman–Crippen LogP) is 3.21. The fourth-order valence-corrected chi connectivity index (χ4v) is 4.55. The fraction of sp³-hybridized carbons (Fsp3) is 0.619. The molecular formula is C21H30ClN3O3. The van der Waals surface area contributed by atoms with Gasteiger partial charge >= 0.3 is 6.09 Å². The molecule has 2 amide bonds. The number of nitrogens with zero attached hydrogens (tertiary/aromatic N) is 2. The first-order valence-corrected chi connectivity index (χ1v) is 10.5. The average Bonchev–Trinajstić information content (AvgIpc) is 3.19. The van der Waals surface area contributed by atoms with E-state index < -0.39 is 6.04 Å². The SMILES string of the molecule is COC(=O)N(C1CCCCC1)C1CCN(C(=O)C(N)Cc2ccc(Cl)cc2)C1. The Morgan fingerprint density at radius 2 is 1.86 bits per heavy atom. The molecule has 2 fully saturated rings. The quantitative estimate of drug-likeness (QED) is 0.813. The van der Waals surface area contributed by atoms with Crippen molar-refractivity contribution in [3.63, 3.8) is 0 Å². The summed E-state index contributed by atoms with van der Waals surface area (Å²) >= 11 is 5.91. The van der Waals surface area contributed by atoms with Crippen molar-refractivity contribution in [1.82, 2.24) is 9.80 Å². The number of nitrogens with two attached hydrogens (primary N) is 1. The molecule has 0 spiro atoms. The summed E-state index contributed by atoms with van der Waals surface area (Å²) in [6, 6.07) is 7.01. The van der Waals surface area contributed by atoms with Crippen molar-refractivity contribution in [1.29, 1.82) is 0 Å². The minimum atomic E-state index is -0.596. The van der Waals surface area contributed by atoms with Gasteiger partial charge in [-0.25, -0.2) is 4.79 Å². The molecule has 1 saturated heterocycles. The molecule has 0 bridgehead atoms. The summed E-state index contributed by atoms with van der Waals surface area (Å²) in [4.78, 5) is 29.0. The van der Waals surface area contributed by atoms with Crippen LogP contribution in [-0.2, 0) is 16.0 Å². The molecule has 28 heavy (non-hydrogen) atoms. The maximum absolute atomic E-state index is 12.8. The minimum absolute atomic E-state index is 0.00207. The van der Waals surface area contributed by atoms with Gasteiger partial charge in [-0.3, -0.25) is 4.79 Å². The monoisotopic (exact) mass is 407 g/mol. The Labute approximate surface area is 171 Å². The minimum Gasteiger partial charge on any atom is -0.453 e. The molecule has 0 radical (unpaired) electrons. The molecule has 1 heterocycles. The molecule has 6 nitrogen and oxygen atoms in total. The highest BCUT2D eigenvalue weighted by Gasteiger charge is 2.38. The summed E-state index contributed by atoms with van der Waals surface area (Å²) in [6.45, 7) is 1.15. The molecule has 2 aliphatic rings. The van der Waals surface area contributed by atoms with E-state index in [2.05, 4.69) is 0 Å². The third-order valence-electron chi connectivity index (χ3n) is 5.91. The van der Waals surface area contributed by atoms with Crippen LogP contribution in [0.4, 0.5) is 4.79 Å². The molecular weight excluding hydrogens is 378 g/mol. The second-order valence-corrected chi connectivity index (χ2v) is 8.27. The molecule has 2 N–H and O–H groups in total. The van der Waals surface area contributed by atoms with E-state index in [1.54, 1.807) is 17.0 Å². The van der Waals surface area contributed by atoms with Crippen molar-refractivity contribution in [2.45, 2.75) is 63.1 Å². The van der Waals surface area contributed by atoms with Gasteiger partial charge in [0.25, 0.3) is 0 Å². The van der Waals surface area contributed by atoms with E-state index >= 15 is 0 Å². The van der Waals surface area contributed by atoms with E-state index in [4.69, 9.17) is 22.1 Å². The predicted molar refractivity (Wildman–Crippen MR) is 109 cm³/mol. The Balaban J connectivity index is 1.61. The Hall–Kier alpha value is -1.79. The second-order valence-electron chi connectivity index (χ2n) is 7.83. The lowest BCUT2D eigenvalue weighted by Crippen LogP contribution is -2.50. The summed E-state index contributed by atoms with van der Waals surface area (Å²) in [5.74, 6) is -0.0640. The number of carbonyl (C=O) groups is 2. The summed E-state index contributed by atoms with van der Waals surface area (Å²) in [7, 11) is 1.43. The zero-order chi connectivity index (χ0) is 20.1. The summed E-state index contributed by atoms with van der Waals surface area (Å²) in [6.07, 6.45) is 6.48. The van der Waals surface area contributed by atoms with Crippen LogP contribution in [0, 0.1) is 0 Å². The van der Waals surface area contributed by atoms with Gasteiger partial charge in [0.1, 0.15) is 0 Å². The van der Waals surface area contributed by atoms with E-state index in [9.17, 15) is 9.59 Å². The zero-order valence-electron chi connectivity index (χ0n) is 16.5. The highest BCUT2D eigenvalue weighted by atomic mass is 35.5. The maximum atomic E-state index is 12.8. The maximum Gasteiger partial charge on any atom is 0.410 e. The first kappa shape index (κ1) is 20.9. The van der Waals surface area contributed by atoms with Gasteiger partial charge in [0, 0.05) is 24.2 Å². The number of methoxy groups -OCH3 is 1. The highest BCUT2D eigenvalue weighted by Crippen LogP contribution is 2.28. The van der Waals surface area contributed by atoms with Crippen molar-refractivity contribution in [2.24, 2.45) is 5.73 Å². The Bertz CT molecular complexity index is 676. The van der Waals surface area contributed by atoms with Crippen molar-refractivity contribution < 1.29 is 14.3 Å². The molecule has 154 valence electrons. The molecule has 1 aromatic carbocycles. The van der Waals surface area contributed by atoms with Gasteiger partial charge in [-0.15, -0.1) is 0 Å². The van der Waals surface area contributed by atoms with Crippen LogP contribution < -0.4 is 5.73 Å². The van der Waals surface area contributed by atoms with Crippen LogP contribution >= 0.6 is 11.6 Å². The second kappa shape index (κ2) is 9.61. The summed E-state index contributed by atoms with van der Waals surface area (Å²) < 4.78 is 5.06. The third-order valence-corrected chi connectivity index (χ3v) is 6.16. The Kier molecular flexibility index (Phi) is 7.18. The molecule has 1 aliphatic heterocycles. The molecule has 3 rings (SSSR count). The standard InChI is InChI=1S/C21H30ClN3O3/c1-28-21(27)25(17-5-3-2-4-6-17)18-11-12-24(14-18)20(26)19(23)13-15-7-9-16(22)10-8-15/h7-10,17-19H,2-6,11-14,23H2,1H3. The van der Waals surface area contributed by atoms with Crippen LogP contribution in [-0.4, -0.2) is 60.1 Å². The number of ether oxygens (including phenoxy) is 1. The van der Waals surface area contributed by atoms with Crippen molar-refractivity contribution in [3.05, 3.63) is 34.9 Å². The van der Waals surface area contributed by atoms with Gasteiger partial charge in [0.2, 0.25) is 5.91 Å². The van der Waals surface area contributed by atoms with E-state index in [-0.39, 0.29) is 24.1 Å². The molecule has 0 aromatic heterocycles. The molecule has 1 aromatic rings. The first-order valence-electron chi connectivity index (χ1n) is 10.1. The van der Waals surface area contributed by atoms with Crippen molar-refractivity contribution >= 4 is 23.6 Å². The van der Waals surface area contributed by atoms with Crippen molar-refractivity contribution in [3.8, 4) is 0 Å². The number of benzene rings is 1. The van der Waals surface area contributed by atoms with Gasteiger partial charge < -0.3 is 20.3 Å². The van der Waals surface area contributed by atoms with Gasteiger partial charge in [-0.2, -0.15) is 0 Å². The van der Waals surface area contributed by atoms with Crippen LogP contribution in [0.15, 0.2) is 24.3 Å². The van der Waals surface area contributed by atoms with Crippen LogP contribution in [0.1, 0.15) is 44.1 Å². The lowest BCUT2D eigenvalue weighted by atomic mass is 9.93. The van der Waals surface area contributed by atoms with E-state index in [0.29, 0.717) is 24.5 Å². The topological polar surface area (TPSA) is 75.9 Å². The number of likely N-dealkylation sites (tertiary alicyclic amines) is 1. The fourth-order valence-electron chi connectivity index (χ4n) is 4.43. The van der Waals surface area contributed by atoms with Crippen LogP contribution in [0.3, 0.4) is 0 Å². The molecule has 2 atom stereocenters. The van der Waals surface area contributed by atoms with Crippen LogP contribution in [0.5, 0.6) is 0 Å². The number of amides is 2. The van der Waals surface area contributed by atoms with Crippen molar-refractivity contribution in [2.75, 3.05) is 20.2 Å². The molecule has 7 heteroatoms. The largest absolute Gasteiger partial charge is 0.453 e. The normalized spacial score (nSPS) is 21.4. The molecule has 1 saturated carbocycles. The van der Waals surface area contributed by atoms with Gasteiger partial charge in [0.05, 0.1) is 19.2 Å². The summed E-state index contributed by atoms with van der Waals surface area (Å²) in [5.41, 5.74) is 7.17. The van der Waals surface area contributed by atoms with E-state index in [0.717, 1.165) is 37.7 Å². The van der Waals surface area contributed by atoms with Crippen LogP contribution in [0.2, 0.25) is 5.02 Å². The van der Waals surface area contributed by atoms with Gasteiger partial charge in [-0.05, 0) is 43.4 Å². The lowest BCUT2D eigenvalue weighted by Gasteiger charge is -2.37. The van der Waals surface area contributed by atoms with Crippen LogP contribution in [0.25, 0.3) is 0 Å². The smallest absolute Gasteiger partial charge is 0.410 e. The van der Waals surface area contributed by atoms with E-state index in [1.807, 2.05) is 17.0 Å². The number of rotatable bonds is 5. The number of carbonyl (C=O) groups excluding carboxylic acids is 2. The third kappa shape index (κ3) is 4.97. The summed E-state index contributed by atoms with van der Waals surface area (Å²) in [5, 5.41) is 0.664. The zero-order valence-corrected chi connectivity index (χ0v) is 17.2. The Morgan fingerprint density at radius 3 is 2.50 bits per heavy atom. The highest BCUT2D eigenvalue weighted by molar-refractivity contribution is 6.30. The lowest BCUT2D eigenvalue weighted by molar-refractivity contribution is -0.131. The molecule has 1 aliphatic carbocycles. The number of hydrogen-bond donors (Lipinski definition) is 1. The number of hydrogen-bond acceptors (Lipinski definition) is 4. The average molecular weight is 408 g/mol. The Morgan fingerprint density at radius 1 is 1.18 bits per heavy atom. The van der Waals surface area contributed by atoms with Gasteiger partial charge in [-0.1, -0.05) is 43.0 Å². The van der Waals surface area contributed by atoms with E-state index in [1.165, 1.54) is 13.5 Å². The molecule has 2 unspecified atom stereocenters. The number of halogens is 1. The van der Waals surface area contributed by atoms with Gasteiger partial charge in [0.15, 0.2) is 0 Å².